The first-order valence-electron chi connectivity index (χ1n) is 3.97. The van der Waals surface area contributed by atoms with Crippen molar-refractivity contribution >= 4 is 30.3 Å². The third-order valence-corrected chi connectivity index (χ3v) is 2.49. The van der Waals surface area contributed by atoms with Crippen LogP contribution in [0, 0.1) is 0 Å². The normalized spacial score (nSPS) is 11.2. The molecule has 1 aromatic carbocycles. The maximum absolute atomic E-state index is 10.7. The van der Waals surface area contributed by atoms with Gasteiger partial charge in [0.25, 0.3) is 0 Å². The maximum atomic E-state index is 10.7. The second-order valence-electron chi connectivity index (χ2n) is 2.92. The molecule has 5 nitrogen and oxygen atoms in total. The van der Waals surface area contributed by atoms with Gasteiger partial charge in [0.05, 0.1) is 0 Å². The molecule has 0 spiro atoms. The zero-order chi connectivity index (χ0) is 11.1. The Morgan fingerprint density at radius 2 is 2.12 bits per heavy atom. The quantitative estimate of drug-likeness (QED) is 0.504. The van der Waals surface area contributed by atoms with Crippen LogP contribution in [-0.2, 0) is 4.57 Å². The summed E-state index contributed by atoms with van der Waals surface area (Å²) in [7, 11) is -4.54. The van der Waals surface area contributed by atoms with Crippen molar-refractivity contribution in [3.05, 3.63) is 29.4 Å². The van der Waals surface area contributed by atoms with Crippen molar-refractivity contribution in [1.29, 1.82) is 0 Å². The van der Waals surface area contributed by atoms with Crippen molar-refractivity contribution in [1.82, 2.24) is 4.98 Å². The molecule has 0 atom stereocenters. The van der Waals surface area contributed by atoms with E-state index in [4.69, 9.17) is 21.4 Å². The predicted octanol–water partition coefficient (Wildman–Crippen LogP) is -0.591. The molecule has 0 bridgehead atoms. The smallest absolute Gasteiger partial charge is 1.00 e. The standard InChI is InChI=1S/C8H7ClNO4P.Na.H/c9-5-1-2-7-6(3-5)8(4-10-7)14-15(11,12)13;;/h1-4,10H,(H2,11,12,13);;/q;+1;-1. The second kappa shape index (κ2) is 5.10. The average Bonchev–Trinajstić information content (AvgIpc) is 2.46. The number of aromatic nitrogens is 1. The SMILES string of the molecule is O=P(O)(O)Oc1c[nH]c2ccc(Cl)cc12.[H-].[Na+]. The zero-order valence-electron chi connectivity index (χ0n) is 9.35. The van der Waals surface area contributed by atoms with Gasteiger partial charge < -0.3 is 10.9 Å². The van der Waals surface area contributed by atoms with Gasteiger partial charge in [-0.3, -0.25) is 9.79 Å². The van der Waals surface area contributed by atoms with Crippen LogP contribution in [0.15, 0.2) is 24.4 Å². The maximum Gasteiger partial charge on any atom is 1.00 e. The molecule has 3 N–H and O–H groups in total. The Hall–Kier alpha value is 0. The van der Waals surface area contributed by atoms with E-state index in [2.05, 4.69) is 9.51 Å². The first-order valence-corrected chi connectivity index (χ1v) is 5.88. The molecule has 16 heavy (non-hydrogen) atoms. The largest absolute Gasteiger partial charge is 1.00 e. The molecule has 0 amide bonds. The summed E-state index contributed by atoms with van der Waals surface area (Å²) >= 11 is 5.76. The topological polar surface area (TPSA) is 82.6 Å². The third kappa shape index (κ3) is 3.25. The number of hydrogen-bond donors (Lipinski definition) is 3. The molecule has 0 saturated carbocycles. The number of halogens is 1. The van der Waals surface area contributed by atoms with Gasteiger partial charge in [0, 0.05) is 22.1 Å². The number of nitrogens with one attached hydrogen (secondary N) is 1. The van der Waals surface area contributed by atoms with E-state index in [1.807, 2.05) is 0 Å². The van der Waals surface area contributed by atoms with Gasteiger partial charge in [0.1, 0.15) is 0 Å². The van der Waals surface area contributed by atoms with Crippen LogP contribution in [0.2, 0.25) is 5.02 Å². The van der Waals surface area contributed by atoms with E-state index in [1.54, 1.807) is 18.2 Å². The van der Waals surface area contributed by atoms with E-state index in [-0.39, 0.29) is 36.7 Å². The number of aromatic amines is 1. The Labute approximate surface area is 120 Å². The van der Waals surface area contributed by atoms with Crippen molar-refractivity contribution in [3.8, 4) is 5.75 Å². The van der Waals surface area contributed by atoms with Crippen LogP contribution in [0.1, 0.15) is 1.43 Å². The summed E-state index contributed by atoms with van der Waals surface area (Å²) in [4.78, 5) is 20.1. The molecular formula is C8H8ClNNaO4P. The molecule has 0 fully saturated rings. The Morgan fingerprint density at radius 1 is 1.44 bits per heavy atom. The fourth-order valence-corrected chi connectivity index (χ4v) is 1.85. The molecule has 0 radical (unpaired) electrons. The van der Waals surface area contributed by atoms with E-state index >= 15 is 0 Å². The molecule has 2 rings (SSSR count). The van der Waals surface area contributed by atoms with Gasteiger partial charge in [-0.2, -0.15) is 0 Å². The summed E-state index contributed by atoms with van der Waals surface area (Å²) in [6, 6.07) is 4.93. The van der Waals surface area contributed by atoms with Gasteiger partial charge >= 0.3 is 37.4 Å². The summed E-state index contributed by atoms with van der Waals surface area (Å²) in [5.41, 5.74) is 0.697. The summed E-state index contributed by atoms with van der Waals surface area (Å²) in [6.07, 6.45) is 1.38. The summed E-state index contributed by atoms with van der Waals surface area (Å²) in [5.74, 6) is 0.0841. The van der Waals surface area contributed by atoms with Crippen molar-refractivity contribution in [2.45, 2.75) is 0 Å². The molecule has 0 aliphatic carbocycles. The fourth-order valence-electron chi connectivity index (χ4n) is 1.27. The predicted molar refractivity (Wildman–Crippen MR) is 57.1 cm³/mol. The molecule has 0 saturated heterocycles. The van der Waals surface area contributed by atoms with Crippen LogP contribution in [-0.4, -0.2) is 14.8 Å². The minimum atomic E-state index is -4.54. The Balaban J connectivity index is 0.00000128. The monoisotopic (exact) mass is 271 g/mol. The first-order chi connectivity index (χ1) is 6.96. The molecule has 82 valence electrons. The van der Waals surface area contributed by atoms with E-state index in [9.17, 15) is 4.57 Å². The van der Waals surface area contributed by atoms with E-state index in [0.29, 0.717) is 15.9 Å². The fraction of sp³-hybridized carbons (Fsp3) is 0. The van der Waals surface area contributed by atoms with Crippen LogP contribution < -0.4 is 34.1 Å². The van der Waals surface area contributed by atoms with E-state index < -0.39 is 7.82 Å². The van der Waals surface area contributed by atoms with Crippen molar-refractivity contribution < 1.29 is 49.9 Å². The number of benzene rings is 1. The molecule has 1 heterocycles. The molecule has 1 aromatic heterocycles. The van der Waals surface area contributed by atoms with Crippen LogP contribution in [0.4, 0.5) is 0 Å². The molecule has 0 aliphatic heterocycles. The van der Waals surface area contributed by atoms with E-state index in [1.165, 1.54) is 6.20 Å². The molecule has 2 aromatic rings. The van der Waals surface area contributed by atoms with Crippen LogP contribution in [0.5, 0.6) is 5.75 Å². The van der Waals surface area contributed by atoms with Gasteiger partial charge in [-0.25, -0.2) is 4.57 Å². The number of H-pyrrole nitrogens is 1. The summed E-state index contributed by atoms with van der Waals surface area (Å²) in [6.45, 7) is 0. The van der Waals surface area contributed by atoms with Gasteiger partial charge in [-0.05, 0) is 18.2 Å². The average molecular weight is 272 g/mol. The molecule has 0 aliphatic rings. The Bertz CT molecular complexity index is 557. The number of phosphoric ester groups is 1. The van der Waals surface area contributed by atoms with Gasteiger partial charge in [0.2, 0.25) is 0 Å². The Kier molecular flexibility index (Phi) is 4.49. The van der Waals surface area contributed by atoms with Crippen LogP contribution in [0.25, 0.3) is 10.9 Å². The Morgan fingerprint density at radius 3 is 2.75 bits per heavy atom. The zero-order valence-corrected chi connectivity index (χ0v) is 12.0. The van der Waals surface area contributed by atoms with Crippen LogP contribution in [0.3, 0.4) is 0 Å². The summed E-state index contributed by atoms with van der Waals surface area (Å²) in [5, 5.41) is 1.00. The molecule has 0 unspecified atom stereocenters. The van der Waals surface area contributed by atoms with Gasteiger partial charge in [-0.1, -0.05) is 11.6 Å². The number of hydrogen-bond acceptors (Lipinski definition) is 2. The van der Waals surface area contributed by atoms with Crippen molar-refractivity contribution in [2.75, 3.05) is 0 Å². The van der Waals surface area contributed by atoms with Gasteiger partial charge in [-0.15, -0.1) is 0 Å². The minimum absolute atomic E-state index is 0. The number of rotatable bonds is 2. The van der Waals surface area contributed by atoms with Crippen molar-refractivity contribution in [2.24, 2.45) is 0 Å². The van der Waals surface area contributed by atoms with Crippen LogP contribution >= 0.6 is 19.4 Å². The molecular weight excluding hydrogens is 264 g/mol. The minimum Gasteiger partial charge on any atom is -1.00 e. The summed E-state index contributed by atoms with van der Waals surface area (Å²) < 4.78 is 15.1. The number of phosphoric acid groups is 1. The third-order valence-electron chi connectivity index (χ3n) is 1.82. The first kappa shape index (κ1) is 14.1. The van der Waals surface area contributed by atoms with E-state index in [0.717, 1.165) is 0 Å². The van der Waals surface area contributed by atoms with Crippen molar-refractivity contribution in [3.63, 3.8) is 0 Å². The number of fused-ring (bicyclic) bond motifs is 1. The second-order valence-corrected chi connectivity index (χ2v) is 4.52. The van der Waals surface area contributed by atoms with Gasteiger partial charge in [0.15, 0.2) is 5.75 Å². The molecule has 8 heteroatoms.